The van der Waals surface area contributed by atoms with Gasteiger partial charge in [0.15, 0.2) is 5.16 Å². The maximum absolute atomic E-state index is 4.37. The number of nitrogens with one attached hydrogen (secondary N) is 1. The smallest absolute Gasteiger partial charge is 0.165 e. The van der Waals surface area contributed by atoms with Crippen LogP contribution in [0.15, 0.2) is 22.9 Å². The molecule has 2 aromatic rings. The van der Waals surface area contributed by atoms with Crippen LogP contribution in [0.2, 0.25) is 0 Å². The first-order chi connectivity index (χ1) is 6.34. The van der Waals surface area contributed by atoms with Crippen LogP contribution in [0.3, 0.4) is 0 Å². The second-order valence-electron chi connectivity index (χ2n) is 2.54. The molecule has 0 amide bonds. The second-order valence-corrected chi connectivity index (χ2v) is 4.57. The summed E-state index contributed by atoms with van der Waals surface area (Å²) in [6.45, 7) is 2.02. The van der Waals surface area contributed by atoms with Crippen molar-refractivity contribution in [2.45, 2.75) is 17.8 Å². The summed E-state index contributed by atoms with van der Waals surface area (Å²) in [5.74, 6) is 0.887. The van der Waals surface area contributed by atoms with E-state index in [1.807, 2.05) is 13.1 Å². The molecule has 1 N–H and O–H groups in total. The van der Waals surface area contributed by atoms with Crippen LogP contribution < -0.4 is 0 Å². The Morgan fingerprint density at radius 1 is 1.62 bits per heavy atom. The van der Waals surface area contributed by atoms with E-state index in [-0.39, 0.29) is 0 Å². The van der Waals surface area contributed by atoms with Gasteiger partial charge in [-0.2, -0.15) is 0 Å². The summed E-state index contributed by atoms with van der Waals surface area (Å²) in [6.07, 6.45) is 3.59. The topological polar surface area (TPSA) is 41.6 Å². The van der Waals surface area contributed by atoms with E-state index in [9.17, 15) is 0 Å². The average molecular weight is 211 g/mol. The largest absolute Gasteiger partial charge is 0.340 e. The molecule has 0 radical (unpaired) electrons. The zero-order valence-corrected chi connectivity index (χ0v) is 8.78. The Labute approximate surface area is 84.6 Å². The predicted molar refractivity (Wildman–Crippen MR) is 55.0 cm³/mol. The molecular formula is C8H9N3S2. The first-order valence-electron chi connectivity index (χ1n) is 3.88. The standard InChI is InChI=1S/C8H9N3S2/c1-6-11-7(4-12-6)5-13-8-9-2-3-10-8/h2-4H,5H2,1H3,(H,9,10). The van der Waals surface area contributed by atoms with Gasteiger partial charge in [0.05, 0.1) is 10.7 Å². The summed E-state index contributed by atoms with van der Waals surface area (Å²) < 4.78 is 0. The van der Waals surface area contributed by atoms with E-state index in [1.54, 1.807) is 29.3 Å². The normalized spacial score (nSPS) is 10.5. The molecule has 2 heterocycles. The number of rotatable bonds is 3. The molecule has 0 saturated carbocycles. The minimum atomic E-state index is 0.887. The molecule has 2 rings (SSSR count). The Morgan fingerprint density at radius 3 is 3.15 bits per heavy atom. The molecule has 0 atom stereocenters. The molecule has 0 unspecified atom stereocenters. The van der Waals surface area contributed by atoms with Crippen molar-refractivity contribution in [3.63, 3.8) is 0 Å². The molecule has 5 heteroatoms. The van der Waals surface area contributed by atoms with Gasteiger partial charge < -0.3 is 4.98 Å². The Hall–Kier alpha value is -0.810. The van der Waals surface area contributed by atoms with Gasteiger partial charge in [-0.1, -0.05) is 11.8 Å². The van der Waals surface area contributed by atoms with E-state index in [1.165, 1.54) is 0 Å². The van der Waals surface area contributed by atoms with E-state index < -0.39 is 0 Å². The first-order valence-corrected chi connectivity index (χ1v) is 5.74. The molecule has 3 nitrogen and oxygen atoms in total. The number of aromatic amines is 1. The fourth-order valence-corrected chi connectivity index (χ4v) is 2.38. The third-order valence-corrected chi connectivity index (χ3v) is 3.26. The highest BCUT2D eigenvalue weighted by atomic mass is 32.2. The minimum absolute atomic E-state index is 0.887. The van der Waals surface area contributed by atoms with Gasteiger partial charge in [0.2, 0.25) is 0 Å². The zero-order valence-electron chi connectivity index (χ0n) is 7.15. The van der Waals surface area contributed by atoms with Crippen molar-refractivity contribution in [3.05, 3.63) is 28.5 Å². The molecule has 0 aromatic carbocycles. The average Bonchev–Trinajstić information content (AvgIpc) is 2.71. The van der Waals surface area contributed by atoms with Crippen molar-refractivity contribution in [2.75, 3.05) is 0 Å². The van der Waals surface area contributed by atoms with Gasteiger partial charge in [0.1, 0.15) is 0 Å². The van der Waals surface area contributed by atoms with Gasteiger partial charge in [-0.3, -0.25) is 0 Å². The summed E-state index contributed by atoms with van der Waals surface area (Å²) in [6, 6.07) is 0. The van der Waals surface area contributed by atoms with Crippen LogP contribution >= 0.6 is 23.1 Å². The number of aryl methyl sites for hydroxylation is 1. The fraction of sp³-hybridized carbons (Fsp3) is 0.250. The Bertz CT molecular complexity index is 366. The van der Waals surface area contributed by atoms with E-state index >= 15 is 0 Å². The van der Waals surface area contributed by atoms with Gasteiger partial charge in [-0.25, -0.2) is 9.97 Å². The predicted octanol–water partition coefficient (Wildman–Crippen LogP) is 2.47. The molecule has 0 aliphatic rings. The summed E-state index contributed by atoms with van der Waals surface area (Å²) >= 11 is 3.36. The number of imidazole rings is 1. The van der Waals surface area contributed by atoms with Crippen LogP contribution in [0.25, 0.3) is 0 Å². The maximum atomic E-state index is 4.37. The molecule has 2 aromatic heterocycles. The summed E-state index contributed by atoms with van der Waals surface area (Å²) in [5, 5.41) is 4.16. The third-order valence-electron chi connectivity index (χ3n) is 1.50. The number of aromatic nitrogens is 3. The van der Waals surface area contributed by atoms with Crippen LogP contribution in [-0.2, 0) is 5.75 Å². The van der Waals surface area contributed by atoms with Crippen molar-refractivity contribution >= 4 is 23.1 Å². The lowest BCUT2D eigenvalue weighted by Gasteiger charge is -1.92. The molecule has 0 spiro atoms. The van der Waals surface area contributed by atoms with Gasteiger partial charge in [-0.05, 0) is 6.92 Å². The van der Waals surface area contributed by atoms with E-state index in [2.05, 4.69) is 20.3 Å². The molecule has 0 aliphatic heterocycles. The third kappa shape index (κ3) is 2.32. The van der Waals surface area contributed by atoms with Crippen molar-refractivity contribution in [1.29, 1.82) is 0 Å². The number of hydrogen-bond donors (Lipinski definition) is 1. The van der Waals surface area contributed by atoms with Crippen molar-refractivity contribution in [3.8, 4) is 0 Å². The second kappa shape index (κ2) is 3.93. The molecule has 68 valence electrons. The molecule has 0 fully saturated rings. The van der Waals surface area contributed by atoms with E-state index in [0.717, 1.165) is 21.6 Å². The van der Waals surface area contributed by atoms with Crippen molar-refractivity contribution in [1.82, 2.24) is 15.0 Å². The number of thioether (sulfide) groups is 1. The lowest BCUT2D eigenvalue weighted by Crippen LogP contribution is -1.81. The SMILES string of the molecule is Cc1nc(CSc2ncc[nH]2)cs1. The molecule has 0 saturated heterocycles. The molecule has 0 aliphatic carbocycles. The number of hydrogen-bond acceptors (Lipinski definition) is 4. The van der Waals surface area contributed by atoms with E-state index in [0.29, 0.717) is 0 Å². The highest BCUT2D eigenvalue weighted by Crippen LogP contribution is 2.19. The maximum Gasteiger partial charge on any atom is 0.165 e. The highest BCUT2D eigenvalue weighted by Gasteiger charge is 2.00. The van der Waals surface area contributed by atoms with Gasteiger partial charge in [0, 0.05) is 23.5 Å². The zero-order chi connectivity index (χ0) is 9.10. The molecular weight excluding hydrogens is 202 g/mol. The van der Waals surface area contributed by atoms with Crippen LogP contribution in [0.4, 0.5) is 0 Å². The molecule has 0 bridgehead atoms. The fourth-order valence-electron chi connectivity index (χ4n) is 0.947. The van der Waals surface area contributed by atoms with Crippen LogP contribution in [0.5, 0.6) is 0 Å². The lowest BCUT2D eigenvalue weighted by atomic mass is 10.6. The van der Waals surface area contributed by atoms with Crippen molar-refractivity contribution < 1.29 is 0 Å². The number of H-pyrrole nitrogens is 1. The molecule has 13 heavy (non-hydrogen) atoms. The van der Waals surface area contributed by atoms with E-state index in [4.69, 9.17) is 0 Å². The number of nitrogens with zero attached hydrogens (tertiary/aromatic N) is 2. The Morgan fingerprint density at radius 2 is 2.54 bits per heavy atom. The van der Waals surface area contributed by atoms with Crippen LogP contribution in [0.1, 0.15) is 10.7 Å². The summed E-state index contributed by atoms with van der Waals surface area (Å²) in [5.41, 5.74) is 1.13. The summed E-state index contributed by atoms with van der Waals surface area (Å²) in [7, 11) is 0. The Balaban J connectivity index is 1.93. The van der Waals surface area contributed by atoms with Gasteiger partial charge >= 0.3 is 0 Å². The van der Waals surface area contributed by atoms with Gasteiger partial charge in [-0.15, -0.1) is 11.3 Å². The van der Waals surface area contributed by atoms with Crippen LogP contribution in [-0.4, -0.2) is 15.0 Å². The lowest BCUT2D eigenvalue weighted by molar-refractivity contribution is 1.05. The van der Waals surface area contributed by atoms with Crippen LogP contribution in [0, 0.1) is 6.92 Å². The number of thiazole rings is 1. The quantitative estimate of drug-likeness (QED) is 0.793. The van der Waals surface area contributed by atoms with Crippen molar-refractivity contribution in [2.24, 2.45) is 0 Å². The first kappa shape index (κ1) is 8.77. The monoisotopic (exact) mass is 211 g/mol. The Kier molecular flexibility index (Phi) is 2.65. The highest BCUT2D eigenvalue weighted by molar-refractivity contribution is 7.98. The minimum Gasteiger partial charge on any atom is -0.340 e. The van der Waals surface area contributed by atoms with Gasteiger partial charge in [0.25, 0.3) is 0 Å². The summed E-state index contributed by atoms with van der Waals surface area (Å²) in [4.78, 5) is 11.5.